The maximum Gasteiger partial charge on any atom is 0.254 e. The van der Waals surface area contributed by atoms with Crippen molar-refractivity contribution in [3.05, 3.63) is 42.1 Å². The summed E-state index contributed by atoms with van der Waals surface area (Å²) in [5, 5.41) is 1.03. The molecule has 3 aliphatic rings. The predicted octanol–water partition coefficient (Wildman–Crippen LogP) is 2.95. The Morgan fingerprint density at radius 1 is 1.15 bits per heavy atom. The van der Waals surface area contributed by atoms with Gasteiger partial charge in [-0.05, 0) is 56.2 Å². The van der Waals surface area contributed by atoms with Crippen molar-refractivity contribution >= 4 is 22.7 Å². The minimum absolute atomic E-state index is 0.0327. The lowest BCUT2D eigenvalue weighted by Crippen LogP contribution is -2.56. The van der Waals surface area contributed by atoms with Gasteiger partial charge in [-0.3, -0.25) is 14.6 Å². The highest BCUT2D eigenvalue weighted by atomic mass is 16.2. The molecule has 1 aromatic heterocycles. The van der Waals surface area contributed by atoms with Gasteiger partial charge in [0.25, 0.3) is 5.91 Å². The van der Waals surface area contributed by atoms with Crippen LogP contribution in [0.1, 0.15) is 36.5 Å². The third kappa shape index (κ3) is 2.89. The molecule has 3 fully saturated rings. The van der Waals surface area contributed by atoms with E-state index in [1.54, 1.807) is 6.20 Å². The van der Waals surface area contributed by atoms with Gasteiger partial charge in [0.15, 0.2) is 0 Å². The summed E-state index contributed by atoms with van der Waals surface area (Å²) < 4.78 is 0. The molecule has 5 nitrogen and oxygen atoms in total. The molecule has 140 valence electrons. The maximum atomic E-state index is 13.0. The minimum atomic E-state index is 0.0327. The van der Waals surface area contributed by atoms with Crippen molar-refractivity contribution in [2.75, 3.05) is 19.6 Å². The van der Waals surface area contributed by atoms with Gasteiger partial charge in [0.1, 0.15) is 0 Å². The summed E-state index contributed by atoms with van der Waals surface area (Å²) in [6.45, 7) is 3.94. The van der Waals surface area contributed by atoms with E-state index >= 15 is 0 Å². The smallest absolute Gasteiger partial charge is 0.254 e. The van der Waals surface area contributed by atoms with Crippen LogP contribution >= 0.6 is 0 Å². The highest BCUT2D eigenvalue weighted by Crippen LogP contribution is 2.55. The maximum absolute atomic E-state index is 13.0. The van der Waals surface area contributed by atoms with E-state index in [1.165, 1.54) is 12.8 Å². The van der Waals surface area contributed by atoms with Gasteiger partial charge in [-0.1, -0.05) is 12.1 Å². The number of carbonyl (C=O) groups excluding carboxylic acids is 2. The van der Waals surface area contributed by atoms with Gasteiger partial charge >= 0.3 is 0 Å². The molecule has 0 N–H and O–H groups in total. The molecule has 5 rings (SSSR count). The molecule has 5 heteroatoms. The molecule has 1 saturated heterocycles. The molecule has 0 bridgehead atoms. The van der Waals surface area contributed by atoms with E-state index in [1.807, 2.05) is 47.1 Å². The average molecular weight is 363 g/mol. The van der Waals surface area contributed by atoms with Crippen molar-refractivity contribution in [2.45, 2.75) is 32.2 Å². The highest BCUT2D eigenvalue weighted by Gasteiger charge is 2.52. The summed E-state index contributed by atoms with van der Waals surface area (Å²) in [5.74, 6) is 2.08. The normalized spacial score (nSPS) is 29.7. The molecule has 0 unspecified atom stereocenters. The van der Waals surface area contributed by atoms with Crippen LogP contribution in [0.5, 0.6) is 0 Å². The molecular weight excluding hydrogens is 338 g/mol. The molecule has 2 aromatic rings. The minimum Gasteiger partial charge on any atom is -0.339 e. The number of hydrogen-bond donors (Lipinski definition) is 0. The van der Waals surface area contributed by atoms with Gasteiger partial charge in [0.2, 0.25) is 5.91 Å². The number of amides is 2. The van der Waals surface area contributed by atoms with E-state index < -0.39 is 0 Å². The van der Waals surface area contributed by atoms with Crippen LogP contribution in [0.15, 0.2) is 36.5 Å². The van der Waals surface area contributed by atoms with Gasteiger partial charge in [0, 0.05) is 48.7 Å². The van der Waals surface area contributed by atoms with Crippen molar-refractivity contribution in [3.8, 4) is 0 Å². The van der Waals surface area contributed by atoms with Crippen molar-refractivity contribution in [3.63, 3.8) is 0 Å². The van der Waals surface area contributed by atoms with E-state index in [-0.39, 0.29) is 17.9 Å². The third-order valence-corrected chi connectivity index (χ3v) is 6.71. The number of aromatic nitrogens is 1. The average Bonchev–Trinajstić information content (AvgIpc) is 3.36. The first-order valence-corrected chi connectivity index (χ1v) is 10.1. The lowest BCUT2D eigenvalue weighted by Gasteiger charge is -2.41. The summed E-state index contributed by atoms with van der Waals surface area (Å²) in [6.07, 6.45) is 5.29. The summed E-state index contributed by atoms with van der Waals surface area (Å²) >= 11 is 0. The van der Waals surface area contributed by atoms with E-state index in [4.69, 9.17) is 0 Å². The molecular formula is C22H25N3O2. The zero-order chi connectivity index (χ0) is 18.5. The Hall–Kier alpha value is -2.43. The van der Waals surface area contributed by atoms with E-state index in [0.29, 0.717) is 37.0 Å². The lowest BCUT2D eigenvalue weighted by atomic mass is 10.0. The number of benzene rings is 1. The zero-order valence-electron chi connectivity index (χ0n) is 15.7. The first-order chi connectivity index (χ1) is 13.1. The van der Waals surface area contributed by atoms with Gasteiger partial charge in [-0.2, -0.15) is 0 Å². The van der Waals surface area contributed by atoms with Crippen LogP contribution in [-0.4, -0.2) is 52.3 Å². The molecule has 2 heterocycles. The number of pyridine rings is 1. The van der Waals surface area contributed by atoms with Crippen LogP contribution in [0.3, 0.4) is 0 Å². The Morgan fingerprint density at radius 2 is 2.04 bits per heavy atom. The fraction of sp³-hybridized carbons (Fsp3) is 0.500. The number of nitrogens with zero attached hydrogens (tertiary/aromatic N) is 3. The summed E-state index contributed by atoms with van der Waals surface area (Å²) in [5.41, 5.74) is 1.51. The van der Waals surface area contributed by atoms with Crippen molar-refractivity contribution < 1.29 is 9.59 Å². The SMILES string of the molecule is C[C@@H]1CN(C(=O)[C@@H]2CC[C@@H]3C[C@@H]32)CCN1C(=O)c1ccc2cccnc2c1. The summed E-state index contributed by atoms with van der Waals surface area (Å²) in [4.78, 5) is 34.2. The second kappa shape index (κ2) is 6.32. The quantitative estimate of drug-likeness (QED) is 0.824. The van der Waals surface area contributed by atoms with Crippen LogP contribution in [0, 0.1) is 17.8 Å². The molecule has 2 aliphatic carbocycles. The number of piperazine rings is 1. The molecule has 4 atom stereocenters. The predicted molar refractivity (Wildman–Crippen MR) is 103 cm³/mol. The Balaban J connectivity index is 1.28. The molecule has 1 aromatic carbocycles. The number of fused-ring (bicyclic) bond motifs is 2. The Bertz CT molecular complexity index is 911. The first kappa shape index (κ1) is 16.7. The van der Waals surface area contributed by atoms with Crippen LogP contribution < -0.4 is 0 Å². The lowest BCUT2D eigenvalue weighted by molar-refractivity contribution is -0.138. The Labute approximate surface area is 159 Å². The summed E-state index contributed by atoms with van der Waals surface area (Å²) in [6, 6.07) is 9.63. The monoisotopic (exact) mass is 363 g/mol. The molecule has 0 spiro atoms. The molecule has 27 heavy (non-hydrogen) atoms. The zero-order valence-corrected chi connectivity index (χ0v) is 15.7. The molecule has 0 radical (unpaired) electrons. The van der Waals surface area contributed by atoms with Crippen molar-refractivity contribution in [1.82, 2.24) is 14.8 Å². The second-order valence-corrected chi connectivity index (χ2v) is 8.39. The molecule has 2 saturated carbocycles. The topological polar surface area (TPSA) is 53.5 Å². The van der Waals surface area contributed by atoms with Crippen LogP contribution in [0.4, 0.5) is 0 Å². The molecule has 2 amide bonds. The highest BCUT2D eigenvalue weighted by molar-refractivity contribution is 5.98. The van der Waals surface area contributed by atoms with Crippen molar-refractivity contribution in [1.29, 1.82) is 0 Å². The van der Waals surface area contributed by atoms with Gasteiger partial charge in [-0.15, -0.1) is 0 Å². The van der Waals surface area contributed by atoms with Gasteiger partial charge in [0.05, 0.1) is 5.52 Å². The molecule has 1 aliphatic heterocycles. The number of rotatable bonds is 2. The second-order valence-electron chi connectivity index (χ2n) is 8.39. The van der Waals surface area contributed by atoms with Crippen molar-refractivity contribution in [2.24, 2.45) is 17.8 Å². The largest absolute Gasteiger partial charge is 0.339 e. The number of hydrogen-bond acceptors (Lipinski definition) is 3. The summed E-state index contributed by atoms with van der Waals surface area (Å²) in [7, 11) is 0. The fourth-order valence-electron chi connectivity index (χ4n) is 5.07. The van der Waals surface area contributed by atoms with Gasteiger partial charge in [-0.25, -0.2) is 0 Å². The third-order valence-electron chi connectivity index (χ3n) is 6.71. The fourth-order valence-corrected chi connectivity index (χ4v) is 5.07. The van der Waals surface area contributed by atoms with Crippen LogP contribution in [-0.2, 0) is 4.79 Å². The van der Waals surface area contributed by atoms with E-state index in [0.717, 1.165) is 23.2 Å². The Morgan fingerprint density at radius 3 is 2.78 bits per heavy atom. The van der Waals surface area contributed by atoms with Crippen LogP contribution in [0.2, 0.25) is 0 Å². The van der Waals surface area contributed by atoms with E-state index in [2.05, 4.69) is 4.98 Å². The van der Waals surface area contributed by atoms with Gasteiger partial charge < -0.3 is 9.80 Å². The van der Waals surface area contributed by atoms with Crippen LogP contribution in [0.25, 0.3) is 10.9 Å². The van der Waals surface area contributed by atoms with E-state index in [9.17, 15) is 9.59 Å². The Kier molecular flexibility index (Phi) is 3.92. The number of carbonyl (C=O) groups is 2. The standard InChI is InChI=1S/C22H25N3O2/c1-14-13-24(22(27)18-7-6-16-11-19(16)18)9-10-25(14)21(26)17-5-4-15-3-2-8-23-20(15)12-17/h2-5,8,12,14,16,18-19H,6-7,9-11,13H2,1H3/t14-,16-,18-,19+/m1/s1. The first-order valence-electron chi connectivity index (χ1n) is 10.1.